The minimum absolute atomic E-state index is 0.139. The summed E-state index contributed by atoms with van der Waals surface area (Å²) in [6.07, 6.45) is 1.75. The molecule has 0 aliphatic carbocycles. The number of hydrogen-bond acceptors (Lipinski definition) is 5. The molecule has 0 saturated carbocycles. The number of carbonyl (C=O) groups is 2. The van der Waals surface area contributed by atoms with Gasteiger partial charge >= 0.3 is 0 Å². The Morgan fingerprint density at radius 1 is 1.13 bits per heavy atom. The van der Waals surface area contributed by atoms with E-state index in [2.05, 4.69) is 15.5 Å². The molecule has 8 nitrogen and oxygen atoms in total. The number of nitrogens with one attached hydrogen (secondary N) is 2. The van der Waals surface area contributed by atoms with Crippen LogP contribution in [0, 0.1) is 13.8 Å². The number of aromatic nitrogens is 2. The average molecular weight is 418 g/mol. The van der Waals surface area contributed by atoms with Crippen molar-refractivity contribution in [3.8, 4) is 11.1 Å². The van der Waals surface area contributed by atoms with Crippen LogP contribution in [0.3, 0.4) is 0 Å². The molecule has 2 aromatic heterocycles. The van der Waals surface area contributed by atoms with Crippen LogP contribution in [-0.2, 0) is 16.1 Å². The summed E-state index contributed by atoms with van der Waals surface area (Å²) in [6.45, 7) is 4.79. The van der Waals surface area contributed by atoms with Gasteiger partial charge in [-0.2, -0.15) is 0 Å². The summed E-state index contributed by atoms with van der Waals surface area (Å²) in [5.41, 5.74) is 6.40. The highest BCUT2D eigenvalue weighted by Gasteiger charge is 2.28. The van der Waals surface area contributed by atoms with Gasteiger partial charge in [-0.3, -0.25) is 9.59 Å². The Bertz CT molecular complexity index is 1250. The molecule has 0 spiro atoms. The number of aryl methyl sites for hydroxylation is 2. The number of anilines is 1. The molecule has 0 unspecified atom stereocenters. The van der Waals surface area contributed by atoms with Gasteiger partial charge in [-0.1, -0.05) is 11.2 Å². The number of aromatic amines is 1. The van der Waals surface area contributed by atoms with E-state index in [9.17, 15) is 9.59 Å². The summed E-state index contributed by atoms with van der Waals surface area (Å²) in [5, 5.41) is 7.06. The second-order valence-electron chi connectivity index (χ2n) is 7.89. The molecule has 2 N–H and O–H groups in total. The van der Waals surface area contributed by atoms with Crippen molar-refractivity contribution in [1.82, 2.24) is 15.0 Å². The third-order valence-corrected chi connectivity index (χ3v) is 5.68. The SMILES string of the molecule is Cc1cc2c([nH]1)/C=C1\C(=O)Nc3ccc(cc31)-c1c(noc1C)COCCN(C)C2=O. The smallest absolute Gasteiger partial charge is 0.256 e. The van der Waals surface area contributed by atoms with E-state index in [1.165, 1.54) is 0 Å². The summed E-state index contributed by atoms with van der Waals surface area (Å²) in [4.78, 5) is 30.6. The Balaban J connectivity index is 1.72. The topological polar surface area (TPSA) is 100 Å². The van der Waals surface area contributed by atoms with Crippen molar-refractivity contribution in [3.05, 3.63) is 58.2 Å². The molecule has 4 heterocycles. The normalized spacial score (nSPS) is 17.9. The van der Waals surface area contributed by atoms with Gasteiger partial charge in [0.25, 0.3) is 11.8 Å². The van der Waals surface area contributed by atoms with E-state index in [1.807, 2.05) is 32.0 Å². The van der Waals surface area contributed by atoms with E-state index in [4.69, 9.17) is 9.26 Å². The van der Waals surface area contributed by atoms with Crippen LogP contribution in [0.25, 0.3) is 22.8 Å². The first-order valence-electron chi connectivity index (χ1n) is 10.1. The monoisotopic (exact) mass is 418 g/mol. The quantitative estimate of drug-likeness (QED) is 0.583. The fraction of sp³-hybridized carbons (Fsp3) is 0.261. The number of benzene rings is 1. The van der Waals surface area contributed by atoms with Crippen molar-refractivity contribution in [2.75, 3.05) is 25.5 Å². The molecule has 158 valence electrons. The largest absolute Gasteiger partial charge is 0.373 e. The van der Waals surface area contributed by atoms with Gasteiger partial charge in [0.1, 0.15) is 11.5 Å². The van der Waals surface area contributed by atoms with Gasteiger partial charge in [0.05, 0.1) is 30.0 Å². The first kappa shape index (κ1) is 19.3. The third-order valence-electron chi connectivity index (χ3n) is 5.68. The molecule has 31 heavy (non-hydrogen) atoms. The minimum Gasteiger partial charge on any atom is -0.373 e. The van der Waals surface area contributed by atoms with E-state index in [-0.39, 0.29) is 18.4 Å². The molecular formula is C23H22N4O4. The van der Waals surface area contributed by atoms with E-state index in [0.29, 0.717) is 41.4 Å². The standard InChI is InChI=1S/C23H22N4O4/c1-12-8-17-19(24-12)10-16-15-9-14(4-5-18(15)25-22(16)28)21-13(2)31-26-20(21)11-30-7-6-27(3)23(17)29/h4-5,8-10,24H,6-7,11H2,1-3H3,(H,25,28)/b16-10-. The summed E-state index contributed by atoms with van der Waals surface area (Å²) < 4.78 is 11.2. The summed E-state index contributed by atoms with van der Waals surface area (Å²) in [5.74, 6) is 0.335. The Kier molecular flexibility index (Phi) is 4.51. The fourth-order valence-electron chi connectivity index (χ4n) is 4.10. The molecule has 2 amide bonds. The number of hydrogen-bond donors (Lipinski definition) is 2. The zero-order valence-electron chi connectivity index (χ0n) is 17.5. The van der Waals surface area contributed by atoms with Gasteiger partial charge < -0.3 is 24.5 Å². The van der Waals surface area contributed by atoms with Crippen molar-refractivity contribution >= 4 is 29.2 Å². The highest BCUT2D eigenvalue weighted by molar-refractivity contribution is 6.35. The Morgan fingerprint density at radius 2 is 1.97 bits per heavy atom. The number of H-pyrrole nitrogens is 1. The van der Waals surface area contributed by atoms with E-state index in [0.717, 1.165) is 28.1 Å². The van der Waals surface area contributed by atoms with Crippen LogP contribution < -0.4 is 5.32 Å². The number of rotatable bonds is 0. The second-order valence-corrected chi connectivity index (χ2v) is 7.89. The van der Waals surface area contributed by atoms with E-state index in [1.54, 1.807) is 24.1 Å². The molecule has 0 fully saturated rings. The van der Waals surface area contributed by atoms with Crippen molar-refractivity contribution in [3.63, 3.8) is 0 Å². The van der Waals surface area contributed by atoms with Crippen molar-refractivity contribution < 1.29 is 18.8 Å². The zero-order chi connectivity index (χ0) is 21.7. The maximum Gasteiger partial charge on any atom is 0.256 e. The molecule has 2 bridgehead atoms. The van der Waals surface area contributed by atoms with Crippen molar-refractivity contribution in [1.29, 1.82) is 0 Å². The third kappa shape index (κ3) is 3.25. The predicted octanol–water partition coefficient (Wildman–Crippen LogP) is 3.38. The lowest BCUT2D eigenvalue weighted by Crippen LogP contribution is -2.30. The van der Waals surface area contributed by atoms with Gasteiger partial charge in [0, 0.05) is 36.1 Å². The summed E-state index contributed by atoms with van der Waals surface area (Å²) >= 11 is 0. The van der Waals surface area contributed by atoms with Crippen LogP contribution in [0.5, 0.6) is 0 Å². The Hall–Kier alpha value is -3.65. The van der Waals surface area contributed by atoms with Gasteiger partial charge in [0.15, 0.2) is 0 Å². The van der Waals surface area contributed by atoms with Crippen LogP contribution >= 0.6 is 0 Å². The highest BCUT2D eigenvalue weighted by Crippen LogP contribution is 2.38. The maximum atomic E-state index is 13.0. The summed E-state index contributed by atoms with van der Waals surface area (Å²) in [7, 11) is 1.73. The molecule has 8 heteroatoms. The number of ether oxygens (including phenoxy) is 1. The van der Waals surface area contributed by atoms with Crippen molar-refractivity contribution in [2.45, 2.75) is 20.5 Å². The number of likely N-dealkylation sites (N-methyl/N-ethyl adjacent to an activating group) is 1. The number of carbonyl (C=O) groups excluding carboxylic acids is 2. The van der Waals surface area contributed by atoms with E-state index >= 15 is 0 Å². The second kappa shape index (κ2) is 7.24. The molecule has 1 aromatic carbocycles. The van der Waals surface area contributed by atoms with Crippen LogP contribution in [-0.4, -0.2) is 47.1 Å². The van der Waals surface area contributed by atoms with Crippen LogP contribution in [0.2, 0.25) is 0 Å². The first-order valence-corrected chi connectivity index (χ1v) is 10.1. The number of amides is 2. The average Bonchev–Trinajstić information content (AvgIpc) is 3.39. The summed E-state index contributed by atoms with van der Waals surface area (Å²) in [6, 6.07) is 7.56. The van der Waals surface area contributed by atoms with Gasteiger partial charge in [-0.05, 0) is 43.7 Å². The lowest BCUT2D eigenvalue weighted by molar-refractivity contribution is -0.110. The molecule has 2 aliphatic rings. The van der Waals surface area contributed by atoms with Crippen LogP contribution in [0.15, 0.2) is 28.8 Å². The van der Waals surface area contributed by atoms with Gasteiger partial charge in [-0.25, -0.2) is 0 Å². The van der Waals surface area contributed by atoms with Gasteiger partial charge in [-0.15, -0.1) is 0 Å². The lowest BCUT2D eigenvalue weighted by Gasteiger charge is -2.17. The highest BCUT2D eigenvalue weighted by atomic mass is 16.5. The van der Waals surface area contributed by atoms with E-state index < -0.39 is 0 Å². The molecule has 2 aliphatic heterocycles. The molecule has 3 aromatic rings. The molecule has 0 radical (unpaired) electrons. The Morgan fingerprint density at radius 3 is 2.81 bits per heavy atom. The van der Waals surface area contributed by atoms with Crippen molar-refractivity contribution in [2.24, 2.45) is 0 Å². The van der Waals surface area contributed by atoms with Gasteiger partial charge in [0.2, 0.25) is 0 Å². The predicted molar refractivity (Wildman–Crippen MR) is 115 cm³/mol. The van der Waals surface area contributed by atoms with Crippen LogP contribution in [0.4, 0.5) is 5.69 Å². The van der Waals surface area contributed by atoms with Crippen LogP contribution in [0.1, 0.15) is 38.8 Å². The molecule has 0 atom stereocenters. The zero-order valence-corrected chi connectivity index (χ0v) is 17.5. The lowest BCUT2D eigenvalue weighted by atomic mass is 9.97. The molecule has 0 saturated heterocycles. The molecule has 5 rings (SSSR count). The fourth-order valence-corrected chi connectivity index (χ4v) is 4.10. The maximum absolute atomic E-state index is 13.0. The number of nitrogens with zero attached hydrogens (tertiary/aromatic N) is 2. The number of fused-ring (bicyclic) bond motifs is 4. The Labute approximate surface area is 178 Å². The minimum atomic E-state index is -0.207. The first-order chi connectivity index (χ1) is 14.9. The molecular weight excluding hydrogens is 396 g/mol.